The van der Waals surface area contributed by atoms with Crippen LogP contribution in [-0.4, -0.2) is 59.8 Å². The van der Waals surface area contributed by atoms with Crippen LogP contribution in [0.1, 0.15) is 0 Å². The van der Waals surface area contributed by atoms with Gasteiger partial charge in [-0.05, 0) is 0 Å². The zero-order valence-electron chi connectivity index (χ0n) is 6.60. The van der Waals surface area contributed by atoms with Crippen LogP contribution in [0.2, 0.25) is 0 Å². The Morgan fingerprint density at radius 2 is 1.29 bits per heavy atom. The second-order valence-electron chi connectivity index (χ2n) is 2.46. The van der Waals surface area contributed by atoms with E-state index in [0.717, 1.165) is 10.8 Å². The van der Waals surface area contributed by atoms with E-state index in [9.17, 15) is 13.2 Å². The molecular formula is C7H9KN2O3S. The minimum absolute atomic E-state index is 0. The molecule has 2 aromatic carbocycles. The van der Waals surface area contributed by atoms with Crippen molar-refractivity contribution < 1.29 is 8.42 Å². The monoisotopic (exact) mass is 240 g/mol. The van der Waals surface area contributed by atoms with Crippen LogP contribution in [-0.2, 0) is 10.2 Å². The van der Waals surface area contributed by atoms with E-state index >= 15 is 0 Å². The topological polar surface area (TPSA) is 103 Å². The van der Waals surface area contributed by atoms with Crippen molar-refractivity contribution in [1.82, 2.24) is 0 Å². The van der Waals surface area contributed by atoms with E-state index in [1.54, 1.807) is 0 Å². The molecule has 0 radical (unpaired) electrons. The van der Waals surface area contributed by atoms with Gasteiger partial charge in [-0.15, -0.1) is 0 Å². The standard InChI is InChI=1S/C7H4O.K.H4N2O2S.H/c8-7-5-3-1-2-4-6(5)7;;1-5(2,3)4;/h1-4H;;(H4,1,2,3,4);. The van der Waals surface area contributed by atoms with Gasteiger partial charge in [-0.3, -0.25) is 4.79 Å². The number of nitrogens with two attached hydrogens (primary N) is 2. The molecule has 0 fully saturated rings. The fourth-order valence-electron chi connectivity index (χ4n) is 0.833. The zero-order valence-corrected chi connectivity index (χ0v) is 7.41. The number of hydrogen-bond acceptors (Lipinski definition) is 3. The van der Waals surface area contributed by atoms with Crippen LogP contribution < -0.4 is 15.7 Å². The molecule has 0 bridgehead atoms. The number of benzene rings is 1. The average molecular weight is 240 g/mol. The molecule has 2 aromatic rings. The Kier molecular flexibility index (Phi) is 5.63. The fourth-order valence-corrected chi connectivity index (χ4v) is 0.833. The molecule has 0 spiro atoms. The molecule has 14 heavy (non-hydrogen) atoms. The van der Waals surface area contributed by atoms with E-state index in [0.29, 0.717) is 0 Å². The van der Waals surface area contributed by atoms with E-state index in [-0.39, 0.29) is 56.8 Å². The van der Waals surface area contributed by atoms with Gasteiger partial charge in [0.1, 0.15) is 0 Å². The molecule has 0 saturated heterocycles. The van der Waals surface area contributed by atoms with Crippen LogP contribution in [0.4, 0.5) is 0 Å². The third kappa shape index (κ3) is 5.32. The van der Waals surface area contributed by atoms with Gasteiger partial charge < -0.3 is 0 Å². The van der Waals surface area contributed by atoms with E-state index in [1.807, 2.05) is 24.3 Å². The van der Waals surface area contributed by atoms with E-state index < -0.39 is 10.2 Å². The normalized spacial score (nSPS) is 10.4. The van der Waals surface area contributed by atoms with Crippen molar-refractivity contribution in [2.45, 2.75) is 0 Å². The summed E-state index contributed by atoms with van der Waals surface area (Å²) in [5.74, 6) is 0. The molecule has 4 N–H and O–H groups in total. The SMILES string of the molecule is NS(N)(=O)=O.O=c1c2ccccc12.[KH]. The molecular weight excluding hydrogens is 231 g/mol. The summed E-state index contributed by atoms with van der Waals surface area (Å²) in [5, 5.41) is 10.0. The van der Waals surface area contributed by atoms with Crippen LogP contribution in [0.25, 0.3) is 10.8 Å². The molecule has 0 aromatic heterocycles. The first-order valence-electron chi connectivity index (χ1n) is 3.34. The Labute approximate surface area is 124 Å². The van der Waals surface area contributed by atoms with Crippen molar-refractivity contribution in [2.75, 3.05) is 0 Å². The predicted molar refractivity (Wildman–Crippen MR) is 57.0 cm³/mol. The van der Waals surface area contributed by atoms with Crippen molar-refractivity contribution in [3.63, 3.8) is 0 Å². The van der Waals surface area contributed by atoms with Gasteiger partial charge in [-0.25, -0.2) is 10.3 Å². The summed E-state index contributed by atoms with van der Waals surface area (Å²) in [6.07, 6.45) is 0. The Morgan fingerprint density at radius 3 is 1.50 bits per heavy atom. The molecule has 0 heterocycles. The Hall–Kier alpha value is 0.396. The van der Waals surface area contributed by atoms with Crippen molar-refractivity contribution in [3.8, 4) is 0 Å². The van der Waals surface area contributed by atoms with Gasteiger partial charge in [-0.1, -0.05) is 24.3 Å². The van der Waals surface area contributed by atoms with Gasteiger partial charge in [0.15, 0.2) is 5.43 Å². The predicted octanol–water partition coefficient (Wildman–Crippen LogP) is -1.42. The van der Waals surface area contributed by atoms with Gasteiger partial charge in [0.25, 0.3) is 10.2 Å². The van der Waals surface area contributed by atoms with Crippen LogP contribution in [0, 0.1) is 0 Å². The zero-order chi connectivity index (χ0) is 10.1. The van der Waals surface area contributed by atoms with Crippen LogP contribution in [0.15, 0.2) is 29.1 Å². The van der Waals surface area contributed by atoms with Crippen molar-refractivity contribution >= 4 is 72.4 Å². The number of hydrogen-bond donors (Lipinski definition) is 2. The Balaban J connectivity index is 0.000000253. The maximum absolute atomic E-state index is 10.5. The summed E-state index contributed by atoms with van der Waals surface area (Å²) in [6.45, 7) is 0. The minimum atomic E-state index is -3.67. The summed E-state index contributed by atoms with van der Waals surface area (Å²) in [4.78, 5) is 10.5. The van der Waals surface area contributed by atoms with Crippen molar-refractivity contribution in [1.29, 1.82) is 0 Å². The third-order valence-electron chi connectivity index (χ3n) is 1.35. The van der Waals surface area contributed by atoms with Gasteiger partial charge in [-0.2, -0.15) is 8.42 Å². The molecule has 0 aliphatic rings. The van der Waals surface area contributed by atoms with Crippen molar-refractivity contribution in [3.05, 3.63) is 34.5 Å². The van der Waals surface area contributed by atoms with Gasteiger partial charge in [0, 0.05) is 10.8 Å². The molecule has 0 amide bonds. The summed E-state index contributed by atoms with van der Waals surface area (Å²) >= 11 is 0. The first-order valence-corrected chi connectivity index (χ1v) is 4.95. The summed E-state index contributed by atoms with van der Waals surface area (Å²) in [7, 11) is -3.67. The molecule has 0 aliphatic heterocycles. The first-order chi connectivity index (χ1) is 5.89. The molecule has 2 rings (SSSR count). The molecule has 0 unspecified atom stereocenters. The average Bonchev–Trinajstić information content (AvgIpc) is 2.61. The first kappa shape index (κ1) is 14.4. The Morgan fingerprint density at radius 1 is 1.00 bits per heavy atom. The van der Waals surface area contributed by atoms with Gasteiger partial charge >= 0.3 is 51.4 Å². The summed E-state index contributed by atoms with van der Waals surface area (Å²) in [5.41, 5.74) is 0.218. The second kappa shape index (κ2) is 5.47. The van der Waals surface area contributed by atoms with Gasteiger partial charge in [0.2, 0.25) is 0 Å². The van der Waals surface area contributed by atoms with E-state index in [4.69, 9.17) is 0 Å². The summed E-state index contributed by atoms with van der Waals surface area (Å²) < 4.78 is 18.4. The van der Waals surface area contributed by atoms with Gasteiger partial charge in [0.05, 0.1) is 0 Å². The second-order valence-corrected chi connectivity index (χ2v) is 3.64. The molecule has 0 aliphatic carbocycles. The van der Waals surface area contributed by atoms with Crippen LogP contribution in [0.5, 0.6) is 0 Å². The quantitative estimate of drug-likeness (QED) is 0.552. The molecule has 5 nitrogen and oxygen atoms in total. The molecule has 0 saturated carbocycles. The number of fused-ring (bicyclic) bond motifs is 1. The van der Waals surface area contributed by atoms with E-state index in [2.05, 4.69) is 10.3 Å². The number of rotatable bonds is 0. The van der Waals surface area contributed by atoms with Crippen LogP contribution in [0.3, 0.4) is 0 Å². The summed E-state index contributed by atoms with van der Waals surface area (Å²) in [6, 6.07) is 7.45. The van der Waals surface area contributed by atoms with Crippen molar-refractivity contribution in [2.24, 2.45) is 10.3 Å². The molecule has 72 valence electrons. The van der Waals surface area contributed by atoms with Crippen LogP contribution >= 0.6 is 0 Å². The molecule has 7 heteroatoms. The maximum atomic E-state index is 10.5. The van der Waals surface area contributed by atoms with E-state index in [1.165, 1.54) is 0 Å². The molecule has 0 atom stereocenters. The third-order valence-corrected chi connectivity index (χ3v) is 1.35. The fraction of sp³-hybridized carbons (Fsp3) is 0. The Bertz CT molecular complexity index is 489.